The van der Waals surface area contributed by atoms with Gasteiger partial charge in [0.1, 0.15) is 6.29 Å². The molecule has 0 amide bonds. The Bertz CT molecular complexity index is 601. The number of aldehydes is 1. The molecule has 1 aliphatic rings. The molecule has 0 spiro atoms. The summed E-state index contributed by atoms with van der Waals surface area (Å²) in [7, 11) is 0. The second-order valence-corrected chi connectivity index (χ2v) is 5.31. The van der Waals surface area contributed by atoms with Crippen molar-refractivity contribution >= 4 is 23.4 Å². The number of benzene rings is 2. The summed E-state index contributed by atoms with van der Waals surface area (Å²) in [6, 6.07) is 14.2. The third-order valence-corrected chi connectivity index (χ3v) is 3.78. The Labute approximate surface area is 133 Å². The summed E-state index contributed by atoms with van der Waals surface area (Å²) >= 11 is 0. The van der Waals surface area contributed by atoms with E-state index in [9.17, 15) is 4.79 Å². The molecule has 1 aliphatic carbocycles. The first-order valence-corrected chi connectivity index (χ1v) is 7.51. The molecular weight excluding hydrogens is 272 g/mol. The predicted molar refractivity (Wildman–Crippen MR) is 95.6 cm³/mol. The number of carbonyl (C=O) groups is 1. The van der Waals surface area contributed by atoms with E-state index in [2.05, 4.69) is 4.99 Å². The molecule has 0 bridgehead atoms. The highest BCUT2D eigenvalue weighted by atomic mass is 16.1. The summed E-state index contributed by atoms with van der Waals surface area (Å²) in [4.78, 5) is 14.6. The normalized spacial score (nSPS) is 14.9. The molecule has 3 rings (SSSR count). The topological polar surface area (TPSA) is 55.4 Å². The standard InChI is InChI=1S/C11H8O.C7H14N2.CH4/c12-8-9-5-6-10-3-1-2-4-11(10)7-9;8-6-9-7-4-2-1-3-5-7;/h1-8H;6-7H,1-5H2,(H2,8,9);1H4. The van der Waals surface area contributed by atoms with Crippen molar-refractivity contribution in [1.29, 1.82) is 0 Å². The van der Waals surface area contributed by atoms with Gasteiger partial charge in [-0.05, 0) is 29.7 Å². The van der Waals surface area contributed by atoms with E-state index in [1.54, 1.807) is 0 Å². The van der Waals surface area contributed by atoms with Gasteiger partial charge in [0.2, 0.25) is 0 Å². The van der Waals surface area contributed by atoms with Crippen LogP contribution in [-0.4, -0.2) is 18.7 Å². The highest BCUT2D eigenvalue weighted by Crippen LogP contribution is 2.19. The van der Waals surface area contributed by atoms with Crippen LogP contribution >= 0.6 is 0 Å². The minimum Gasteiger partial charge on any atom is -0.390 e. The van der Waals surface area contributed by atoms with Gasteiger partial charge in [-0.15, -0.1) is 0 Å². The van der Waals surface area contributed by atoms with E-state index in [0.29, 0.717) is 6.04 Å². The summed E-state index contributed by atoms with van der Waals surface area (Å²) in [6.07, 6.45) is 8.85. The van der Waals surface area contributed by atoms with Gasteiger partial charge in [0.05, 0.1) is 12.4 Å². The van der Waals surface area contributed by atoms with Crippen molar-refractivity contribution in [1.82, 2.24) is 0 Å². The van der Waals surface area contributed by atoms with Gasteiger partial charge >= 0.3 is 0 Å². The average Bonchev–Trinajstić information content (AvgIpc) is 2.56. The van der Waals surface area contributed by atoms with E-state index in [0.717, 1.165) is 17.2 Å². The molecule has 0 aromatic heterocycles. The van der Waals surface area contributed by atoms with Crippen LogP contribution in [0.3, 0.4) is 0 Å². The van der Waals surface area contributed by atoms with Crippen LogP contribution in [0.1, 0.15) is 49.9 Å². The molecule has 0 aliphatic heterocycles. The maximum absolute atomic E-state index is 10.5. The maximum atomic E-state index is 10.5. The SMILES string of the molecule is C.NC=NC1CCCCC1.O=Cc1ccc2ccccc2c1. The van der Waals surface area contributed by atoms with Gasteiger partial charge in [-0.25, -0.2) is 0 Å². The number of fused-ring (bicyclic) bond motifs is 1. The van der Waals surface area contributed by atoms with E-state index in [1.807, 2.05) is 42.5 Å². The molecule has 3 nitrogen and oxygen atoms in total. The Morgan fingerprint density at radius 2 is 1.68 bits per heavy atom. The van der Waals surface area contributed by atoms with Crippen molar-refractivity contribution in [3.63, 3.8) is 0 Å². The van der Waals surface area contributed by atoms with Crippen LogP contribution in [0.25, 0.3) is 10.8 Å². The Morgan fingerprint density at radius 1 is 1.00 bits per heavy atom. The Balaban J connectivity index is 0.000000219. The lowest BCUT2D eigenvalue weighted by Crippen LogP contribution is -2.10. The number of nitrogens with two attached hydrogens (primary N) is 1. The van der Waals surface area contributed by atoms with Crippen LogP contribution in [0.4, 0.5) is 0 Å². The Morgan fingerprint density at radius 3 is 2.32 bits per heavy atom. The van der Waals surface area contributed by atoms with Crippen LogP contribution < -0.4 is 5.73 Å². The third-order valence-electron chi connectivity index (χ3n) is 3.78. The van der Waals surface area contributed by atoms with Gasteiger partial charge in [-0.1, -0.05) is 63.1 Å². The second-order valence-electron chi connectivity index (χ2n) is 5.31. The Hall–Kier alpha value is -2.16. The second kappa shape index (κ2) is 9.72. The van der Waals surface area contributed by atoms with Crippen LogP contribution in [0.2, 0.25) is 0 Å². The summed E-state index contributed by atoms with van der Waals surface area (Å²) in [5.74, 6) is 0. The monoisotopic (exact) mass is 298 g/mol. The van der Waals surface area contributed by atoms with E-state index in [4.69, 9.17) is 5.73 Å². The molecule has 2 N–H and O–H groups in total. The molecule has 0 heterocycles. The molecule has 118 valence electrons. The van der Waals surface area contributed by atoms with E-state index < -0.39 is 0 Å². The highest BCUT2D eigenvalue weighted by molar-refractivity contribution is 5.88. The van der Waals surface area contributed by atoms with Crippen LogP contribution in [0.15, 0.2) is 47.5 Å². The third kappa shape index (κ3) is 5.32. The predicted octanol–water partition coefficient (Wildman–Crippen LogP) is 4.59. The zero-order chi connectivity index (χ0) is 14.9. The molecule has 0 radical (unpaired) electrons. The van der Waals surface area contributed by atoms with Crippen molar-refractivity contribution in [3.05, 3.63) is 48.0 Å². The molecule has 0 saturated heterocycles. The lowest BCUT2D eigenvalue weighted by molar-refractivity contribution is 0.112. The molecule has 2 aromatic rings. The van der Waals surface area contributed by atoms with Crippen LogP contribution in [-0.2, 0) is 0 Å². The summed E-state index contributed by atoms with van der Waals surface area (Å²) in [5.41, 5.74) is 5.90. The van der Waals surface area contributed by atoms with Gasteiger partial charge < -0.3 is 5.73 Å². The molecule has 1 saturated carbocycles. The first-order chi connectivity index (χ1) is 10.3. The molecule has 0 unspecified atom stereocenters. The zero-order valence-electron chi connectivity index (χ0n) is 12.2. The largest absolute Gasteiger partial charge is 0.390 e. The van der Waals surface area contributed by atoms with E-state index in [-0.39, 0.29) is 7.43 Å². The van der Waals surface area contributed by atoms with Crippen molar-refractivity contribution in [2.45, 2.75) is 45.6 Å². The molecule has 1 fully saturated rings. The van der Waals surface area contributed by atoms with Gasteiger partial charge in [-0.3, -0.25) is 9.79 Å². The quantitative estimate of drug-likeness (QED) is 0.500. The van der Waals surface area contributed by atoms with Crippen molar-refractivity contribution < 1.29 is 4.79 Å². The van der Waals surface area contributed by atoms with Gasteiger partial charge in [0, 0.05) is 5.56 Å². The minimum atomic E-state index is 0. The average molecular weight is 298 g/mol. The minimum absolute atomic E-state index is 0. The van der Waals surface area contributed by atoms with Crippen LogP contribution in [0.5, 0.6) is 0 Å². The van der Waals surface area contributed by atoms with Gasteiger partial charge in [0.15, 0.2) is 0 Å². The number of nitrogens with zero attached hydrogens (tertiary/aromatic N) is 1. The van der Waals surface area contributed by atoms with Crippen molar-refractivity contribution in [2.75, 3.05) is 0 Å². The number of carbonyl (C=O) groups excluding carboxylic acids is 1. The fraction of sp³-hybridized carbons (Fsp3) is 0.368. The molecule has 22 heavy (non-hydrogen) atoms. The number of hydrogen-bond acceptors (Lipinski definition) is 2. The maximum Gasteiger partial charge on any atom is 0.150 e. The van der Waals surface area contributed by atoms with Crippen LogP contribution in [0, 0.1) is 0 Å². The number of rotatable bonds is 2. The lowest BCUT2D eigenvalue weighted by atomic mass is 9.96. The smallest absolute Gasteiger partial charge is 0.150 e. The summed E-state index contributed by atoms with van der Waals surface area (Å²) < 4.78 is 0. The Kier molecular flexibility index (Phi) is 7.90. The molecular formula is C19H26N2O. The fourth-order valence-electron chi connectivity index (χ4n) is 2.63. The first kappa shape index (κ1) is 17.9. The molecule has 3 heteroatoms. The summed E-state index contributed by atoms with van der Waals surface area (Å²) in [5, 5.41) is 2.28. The number of aliphatic imine (C=N–C) groups is 1. The van der Waals surface area contributed by atoms with E-state index >= 15 is 0 Å². The van der Waals surface area contributed by atoms with E-state index in [1.165, 1.54) is 43.8 Å². The zero-order valence-corrected chi connectivity index (χ0v) is 12.2. The first-order valence-electron chi connectivity index (χ1n) is 7.51. The van der Waals surface area contributed by atoms with Gasteiger partial charge in [-0.2, -0.15) is 0 Å². The van der Waals surface area contributed by atoms with Crippen molar-refractivity contribution in [3.8, 4) is 0 Å². The lowest BCUT2D eigenvalue weighted by Gasteiger charge is -2.16. The highest BCUT2D eigenvalue weighted by Gasteiger charge is 2.09. The fourth-order valence-corrected chi connectivity index (χ4v) is 2.63. The molecule has 2 aromatic carbocycles. The molecule has 0 atom stereocenters. The summed E-state index contributed by atoms with van der Waals surface area (Å²) in [6.45, 7) is 0. The van der Waals surface area contributed by atoms with Gasteiger partial charge in [0.25, 0.3) is 0 Å². The number of hydrogen-bond donors (Lipinski definition) is 1. The van der Waals surface area contributed by atoms with Crippen molar-refractivity contribution in [2.24, 2.45) is 10.7 Å².